The summed E-state index contributed by atoms with van der Waals surface area (Å²) >= 11 is 0. The molecule has 3 amide bonds. The lowest BCUT2D eigenvalue weighted by atomic mass is 10.0. The zero-order chi connectivity index (χ0) is 23.4. The lowest BCUT2D eigenvalue weighted by molar-refractivity contribution is -0.137. The number of nitrogens with zero attached hydrogens (tertiary/aromatic N) is 2. The molecule has 1 aliphatic rings. The molecule has 0 unspecified atom stereocenters. The number of hydrogen-bond donors (Lipinski definition) is 2. The number of alkyl halides is 3. The molecule has 0 saturated carbocycles. The molecular weight excluding hydrogens is 433 g/mol. The summed E-state index contributed by atoms with van der Waals surface area (Å²) in [7, 11) is 0. The highest BCUT2D eigenvalue weighted by molar-refractivity contribution is 6.01. The van der Waals surface area contributed by atoms with Crippen molar-refractivity contribution in [1.29, 1.82) is 0 Å². The number of pyridine rings is 1. The molecule has 170 valence electrons. The maximum Gasteiger partial charge on any atom is 0.416 e. The van der Waals surface area contributed by atoms with Crippen LogP contribution in [-0.4, -0.2) is 29.5 Å². The van der Waals surface area contributed by atoms with Crippen molar-refractivity contribution in [2.24, 2.45) is 0 Å². The Kier molecular flexibility index (Phi) is 6.30. The summed E-state index contributed by atoms with van der Waals surface area (Å²) in [5.41, 5.74) is 2.14. The third-order valence-electron chi connectivity index (χ3n) is 5.41. The van der Waals surface area contributed by atoms with Gasteiger partial charge in [-0.25, -0.2) is 4.79 Å². The van der Waals surface area contributed by atoms with E-state index < -0.39 is 23.8 Å². The largest absolute Gasteiger partial charge is 0.416 e. The average molecular weight is 454 g/mol. The first-order chi connectivity index (χ1) is 15.8. The summed E-state index contributed by atoms with van der Waals surface area (Å²) in [5, 5.41) is 5.10. The Balaban J connectivity index is 1.38. The van der Waals surface area contributed by atoms with Gasteiger partial charge in [-0.05, 0) is 72.5 Å². The monoisotopic (exact) mass is 454 g/mol. The molecular formula is C24H21F3N4O2. The smallest absolute Gasteiger partial charge is 0.326 e. The highest BCUT2D eigenvalue weighted by atomic mass is 19.4. The van der Waals surface area contributed by atoms with Crippen molar-refractivity contribution in [3.8, 4) is 11.1 Å². The zero-order valence-corrected chi connectivity index (χ0v) is 17.5. The van der Waals surface area contributed by atoms with E-state index in [1.165, 1.54) is 12.1 Å². The number of anilines is 2. The molecule has 4 rings (SSSR count). The Morgan fingerprint density at radius 3 is 2.21 bits per heavy atom. The van der Waals surface area contributed by atoms with Gasteiger partial charge in [0.15, 0.2) is 0 Å². The second-order valence-electron chi connectivity index (χ2n) is 7.64. The topological polar surface area (TPSA) is 74.3 Å². The number of urea groups is 1. The number of carbonyl (C=O) groups is 2. The molecule has 1 aromatic heterocycles. The SMILES string of the molecule is O=C(Nc1ccc(C(F)(F)F)cc1)N[C@@H]1CCCN(c2ccc(-c3ccncc3)cc2)C1=O. The lowest BCUT2D eigenvalue weighted by Crippen LogP contribution is -2.53. The molecule has 2 aromatic carbocycles. The van der Waals surface area contributed by atoms with Crippen LogP contribution in [0.1, 0.15) is 18.4 Å². The number of hydrogen-bond acceptors (Lipinski definition) is 3. The summed E-state index contributed by atoms with van der Waals surface area (Å²) in [6, 6.07) is 14.1. The number of halogens is 3. The van der Waals surface area contributed by atoms with Gasteiger partial charge in [-0.15, -0.1) is 0 Å². The van der Waals surface area contributed by atoms with Crippen molar-refractivity contribution in [2.75, 3.05) is 16.8 Å². The van der Waals surface area contributed by atoms with Gasteiger partial charge in [-0.2, -0.15) is 13.2 Å². The van der Waals surface area contributed by atoms with E-state index in [1.54, 1.807) is 17.3 Å². The van der Waals surface area contributed by atoms with Gasteiger partial charge in [0.1, 0.15) is 6.04 Å². The van der Waals surface area contributed by atoms with E-state index in [0.29, 0.717) is 19.4 Å². The lowest BCUT2D eigenvalue weighted by Gasteiger charge is -2.32. The van der Waals surface area contributed by atoms with Gasteiger partial charge >= 0.3 is 12.2 Å². The Morgan fingerprint density at radius 2 is 1.58 bits per heavy atom. The van der Waals surface area contributed by atoms with E-state index in [-0.39, 0.29) is 11.6 Å². The minimum absolute atomic E-state index is 0.201. The molecule has 3 aromatic rings. The summed E-state index contributed by atoms with van der Waals surface area (Å²) in [6.07, 6.45) is 0.149. The molecule has 0 bridgehead atoms. The predicted molar refractivity (Wildman–Crippen MR) is 119 cm³/mol. The van der Waals surface area contributed by atoms with Gasteiger partial charge in [-0.1, -0.05) is 12.1 Å². The van der Waals surface area contributed by atoms with Gasteiger partial charge in [0.2, 0.25) is 5.91 Å². The molecule has 1 fully saturated rings. The number of nitrogens with one attached hydrogen (secondary N) is 2. The molecule has 0 aliphatic carbocycles. The van der Waals surface area contributed by atoms with E-state index in [9.17, 15) is 22.8 Å². The summed E-state index contributed by atoms with van der Waals surface area (Å²) in [6.45, 7) is 0.534. The van der Waals surface area contributed by atoms with Crippen LogP contribution in [0, 0.1) is 0 Å². The normalized spacial score (nSPS) is 16.4. The number of benzene rings is 2. The Hall–Kier alpha value is -3.88. The fourth-order valence-corrected chi connectivity index (χ4v) is 3.71. The van der Waals surface area contributed by atoms with Crippen LogP contribution in [0.2, 0.25) is 0 Å². The Bertz CT molecular complexity index is 1120. The molecule has 1 saturated heterocycles. The van der Waals surface area contributed by atoms with Crippen LogP contribution in [0.5, 0.6) is 0 Å². The van der Waals surface area contributed by atoms with Crippen molar-refractivity contribution < 1.29 is 22.8 Å². The van der Waals surface area contributed by atoms with E-state index >= 15 is 0 Å². The molecule has 9 heteroatoms. The first-order valence-electron chi connectivity index (χ1n) is 10.4. The summed E-state index contributed by atoms with van der Waals surface area (Å²) in [4.78, 5) is 30.9. The van der Waals surface area contributed by atoms with Crippen LogP contribution in [-0.2, 0) is 11.0 Å². The standard InChI is InChI=1S/C24H21F3N4O2/c25-24(26,27)18-5-7-19(8-6-18)29-23(33)30-21-2-1-15-31(22(21)32)20-9-3-16(4-10-20)17-11-13-28-14-12-17/h3-14,21H,1-2,15H2,(H2,29,30,33)/t21-/m1/s1. The fourth-order valence-electron chi connectivity index (χ4n) is 3.71. The van der Waals surface area contributed by atoms with Crippen molar-refractivity contribution in [3.05, 3.63) is 78.6 Å². The molecule has 1 atom stereocenters. The van der Waals surface area contributed by atoms with Gasteiger partial charge in [-0.3, -0.25) is 9.78 Å². The number of aromatic nitrogens is 1. The quantitative estimate of drug-likeness (QED) is 0.577. The molecule has 0 spiro atoms. The number of piperidine rings is 1. The van der Waals surface area contributed by atoms with Crippen molar-refractivity contribution in [3.63, 3.8) is 0 Å². The third-order valence-corrected chi connectivity index (χ3v) is 5.41. The van der Waals surface area contributed by atoms with Gasteiger partial charge in [0, 0.05) is 30.3 Å². The molecule has 2 heterocycles. The summed E-state index contributed by atoms with van der Waals surface area (Å²) in [5.74, 6) is -0.236. The van der Waals surface area contributed by atoms with Crippen LogP contribution in [0.25, 0.3) is 11.1 Å². The molecule has 2 N–H and O–H groups in total. The highest BCUT2D eigenvalue weighted by Crippen LogP contribution is 2.30. The van der Waals surface area contributed by atoms with Crippen molar-refractivity contribution in [1.82, 2.24) is 10.3 Å². The first kappa shape index (κ1) is 22.3. The molecule has 0 radical (unpaired) electrons. The van der Waals surface area contributed by atoms with Crippen LogP contribution in [0.15, 0.2) is 73.1 Å². The Morgan fingerprint density at radius 1 is 0.939 bits per heavy atom. The second-order valence-corrected chi connectivity index (χ2v) is 7.64. The number of amides is 3. The van der Waals surface area contributed by atoms with E-state index in [1.807, 2.05) is 36.4 Å². The van der Waals surface area contributed by atoms with Gasteiger partial charge in [0.25, 0.3) is 0 Å². The molecule has 1 aliphatic heterocycles. The van der Waals surface area contributed by atoms with E-state index in [0.717, 1.165) is 28.9 Å². The number of carbonyl (C=O) groups excluding carboxylic acids is 2. The van der Waals surface area contributed by atoms with Crippen LogP contribution >= 0.6 is 0 Å². The Labute approximate surface area is 188 Å². The molecule has 33 heavy (non-hydrogen) atoms. The van der Waals surface area contributed by atoms with Crippen LogP contribution < -0.4 is 15.5 Å². The van der Waals surface area contributed by atoms with Crippen molar-refractivity contribution in [2.45, 2.75) is 25.1 Å². The summed E-state index contributed by atoms with van der Waals surface area (Å²) < 4.78 is 38.0. The minimum atomic E-state index is -4.45. The van der Waals surface area contributed by atoms with E-state index in [2.05, 4.69) is 15.6 Å². The maximum atomic E-state index is 13.0. The second kappa shape index (κ2) is 9.32. The van der Waals surface area contributed by atoms with Crippen LogP contribution in [0.3, 0.4) is 0 Å². The first-order valence-corrected chi connectivity index (χ1v) is 10.4. The highest BCUT2D eigenvalue weighted by Gasteiger charge is 2.32. The average Bonchev–Trinajstić information content (AvgIpc) is 2.81. The minimum Gasteiger partial charge on any atom is -0.326 e. The molecule has 6 nitrogen and oxygen atoms in total. The van der Waals surface area contributed by atoms with Gasteiger partial charge in [0.05, 0.1) is 5.56 Å². The van der Waals surface area contributed by atoms with Crippen LogP contribution in [0.4, 0.5) is 29.3 Å². The fraction of sp³-hybridized carbons (Fsp3) is 0.208. The zero-order valence-electron chi connectivity index (χ0n) is 17.5. The number of rotatable bonds is 4. The maximum absolute atomic E-state index is 13.0. The van der Waals surface area contributed by atoms with Gasteiger partial charge < -0.3 is 15.5 Å². The van der Waals surface area contributed by atoms with E-state index in [4.69, 9.17) is 0 Å². The van der Waals surface area contributed by atoms with Crippen molar-refractivity contribution >= 4 is 23.3 Å². The third kappa shape index (κ3) is 5.31. The predicted octanol–water partition coefficient (Wildman–Crippen LogP) is 5.08.